The monoisotopic (exact) mass is 264 g/mol. The van der Waals surface area contributed by atoms with Crippen LogP contribution in [-0.2, 0) is 0 Å². The van der Waals surface area contributed by atoms with E-state index in [0.29, 0.717) is 12.8 Å². The van der Waals surface area contributed by atoms with E-state index in [2.05, 4.69) is 10.3 Å². The van der Waals surface area contributed by atoms with Crippen molar-refractivity contribution >= 4 is 11.9 Å². The van der Waals surface area contributed by atoms with Crippen molar-refractivity contribution in [2.45, 2.75) is 37.8 Å². The van der Waals surface area contributed by atoms with Gasteiger partial charge in [0.15, 0.2) is 0 Å². The molecule has 0 radical (unpaired) electrons. The molecule has 1 aliphatic carbocycles. The van der Waals surface area contributed by atoms with Crippen LogP contribution < -0.4 is 5.32 Å². The van der Waals surface area contributed by atoms with Crippen molar-refractivity contribution in [1.29, 1.82) is 0 Å². The molecule has 1 amide bonds. The van der Waals surface area contributed by atoms with Gasteiger partial charge in [0.2, 0.25) is 0 Å². The Hall–Kier alpha value is -1.95. The summed E-state index contributed by atoms with van der Waals surface area (Å²) in [5, 5.41) is 21.0. The van der Waals surface area contributed by atoms with E-state index in [1.165, 1.54) is 18.2 Å². The van der Waals surface area contributed by atoms with Gasteiger partial charge < -0.3 is 15.5 Å². The van der Waals surface area contributed by atoms with Gasteiger partial charge in [-0.2, -0.15) is 0 Å². The van der Waals surface area contributed by atoms with E-state index in [1.54, 1.807) is 0 Å². The molecule has 0 spiro atoms. The van der Waals surface area contributed by atoms with E-state index in [-0.39, 0.29) is 29.4 Å². The second-order valence-electron chi connectivity index (χ2n) is 4.69. The maximum atomic E-state index is 11.9. The number of aromatic nitrogens is 1. The van der Waals surface area contributed by atoms with Crippen molar-refractivity contribution in [3.8, 4) is 0 Å². The Balaban J connectivity index is 2.00. The molecule has 1 aromatic rings. The number of carbonyl (C=O) groups is 2. The smallest absolute Gasteiger partial charge is 0.354 e. The molecule has 0 unspecified atom stereocenters. The van der Waals surface area contributed by atoms with Crippen LogP contribution in [-0.4, -0.2) is 39.2 Å². The van der Waals surface area contributed by atoms with Gasteiger partial charge in [-0.3, -0.25) is 4.79 Å². The van der Waals surface area contributed by atoms with Crippen LogP contribution in [0.15, 0.2) is 18.2 Å². The molecule has 0 saturated heterocycles. The van der Waals surface area contributed by atoms with Crippen LogP contribution >= 0.6 is 0 Å². The first kappa shape index (κ1) is 13.5. The summed E-state index contributed by atoms with van der Waals surface area (Å²) >= 11 is 0. The van der Waals surface area contributed by atoms with Crippen molar-refractivity contribution in [3.05, 3.63) is 29.6 Å². The van der Waals surface area contributed by atoms with Gasteiger partial charge in [-0.15, -0.1) is 0 Å². The molecule has 3 N–H and O–H groups in total. The van der Waals surface area contributed by atoms with Gasteiger partial charge in [-0.25, -0.2) is 9.78 Å². The lowest BCUT2D eigenvalue weighted by atomic mass is 9.93. The van der Waals surface area contributed by atoms with E-state index in [0.717, 1.165) is 12.8 Å². The van der Waals surface area contributed by atoms with E-state index in [4.69, 9.17) is 5.11 Å². The molecule has 6 nitrogen and oxygen atoms in total. The number of carbonyl (C=O) groups excluding carboxylic acids is 1. The number of carboxylic acids is 1. The summed E-state index contributed by atoms with van der Waals surface area (Å²) in [5.41, 5.74) is -0.0438. The second-order valence-corrected chi connectivity index (χ2v) is 4.69. The molecule has 102 valence electrons. The van der Waals surface area contributed by atoms with Gasteiger partial charge in [-0.05, 0) is 37.8 Å². The third-order valence-electron chi connectivity index (χ3n) is 3.23. The van der Waals surface area contributed by atoms with Crippen molar-refractivity contribution in [2.24, 2.45) is 0 Å². The zero-order valence-corrected chi connectivity index (χ0v) is 10.4. The summed E-state index contributed by atoms with van der Waals surface area (Å²) in [7, 11) is 0. The highest BCUT2D eigenvalue weighted by Gasteiger charge is 2.22. The van der Waals surface area contributed by atoms with Crippen molar-refractivity contribution in [1.82, 2.24) is 10.3 Å². The van der Waals surface area contributed by atoms with Gasteiger partial charge >= 0.3 is 5.97 Å². The molecule has 0 aromatic carbocycles. The average molecular weight is 264 g/mol. The molecule has 1 saturated carbocycles. The predicted molar refractivity (Wildman–Crippen MR) is 66.9 cm³/mol. The van der Waals surface area contributed by atoms with Crippen LogP contribution in [0.1, 0.15) is 46.7 Å². The lowest BCUT2D eigenvalue weighted by Crippen LogP contribution is -2.39. The second kappa shape index (κ2) is 5.79. The zero-order chi connectivity index (χ0) is 13.8. The molecular formula is C13H16N2O4. The summed E-state index contributed by atoms with van der Waals surface area (Å²) in [6, 6.07) is 4.34. The Kier molecular flexibility index (Phi) is 4.11. The highest BCUT2D eigenvalue weighted by molar-refractivity contribution is 5.94. The quantitative estimate of drug-likeness (QED) is 0.750. The predicted octanol–water partition coefficient (Wildman–Crippen LogP) is 0.813. The lowest BCUT2D eigenvalue weighted by Gasteiger charge is -2.26. The number of aromatic carboxylic acids is 1. The summed E-state index contributed by atoms with van der Waals surface area (Å²) < 4.78 is 0. The fraction of sp³-hybridized carbons (Fsp3) is 0.462. The number of carboxylic acid groups (broad SMARTS) is 1. The fourth-order valence-electron chi connectivity index (χ4n) is 2.16. The van der Waals surface area contributed by atoms with Crippen molar-refractivity contribution in [3.63, 3.8) is 0 Å². The molecule has 19 heavy (non-hydrogen) atoms. The highest BCUT2D eigenvalue weighted by Crippen LogP contribution is 2.18. The van der Waals surface area contributed by atoms with Crippen LogP contribution in [0, 0.1) is 0 Å². The third kappa shape index (κ3) is 3.51. The van der Waals surface area contributed by atoms with Crippen LogP contribution in [0.2, 0.25) is 0 Å². The van der Waals surface area contributed by atoms with Crippen LogP contribution in [0.5, 0.6) is 0 Å². The summed E-state index contributed by atoms with van der Waals surface area (Å²) in [5.74, 6) is -1.53. The van der Waals surface area contributed by atoms with Crippen LogP contribution in [0.3, 0.4) is 0 Å². The Labute approximate surface area is 110 Å². The first-order valence-corrected chi connectivity index (χ1v) is 6.25. The molecule has 0 atom stereocenters. The van der Waals surface area contributed by atoms with Gasteiger partial charge in [0, 0.05) is 6.04 Å². The lowest BCUT2D eigenvalue weighted by molar-refractivity contribution is 0.0690. The normalized spacial score (nSPS) is 22.8. The number of nitrogens with one attached hydrogen (secondary N) is 1. The van der Waals surface area contributed by atoms with E-state index < -0.39 is 5.97 Å². The Morgan fingerprint density at radius 3 is 2.42 bits per heavy atom. The standard InChI is InChI=1S/C13H16N2O4/c16-9-6-4-8(5-7-9)14-12(17)10-2-1-3-11(15-10)13(18)19/h1-3,8-9,16H,4-7H2,(H,14,17)(H,18,19). The van der Waals surface area contributed by atoms with Gasteiger partial charge in [0.05, 0.1) is 6.10 Å². The number of hydrogen-bond acceptors (Lipinski definition) is 4. The first-order chi connectivity index (χ1) is 9.06. The van der Waals surface area contributed by atoms with Crippen LogP contribution in [0.4, 0.5) is 0 Å². The number of rotatable bonds is 3. The number of aliphatic hydroxyl groups excluding tert-OH is 1. The van der Waals surface area contributed by atoms with Gasteiger partial charge in [0.25, 0.3) is 5.91 Å². The van der Waals surface area contributed by atoms with Gasteiger partial charge in [0.1, 0.15) is 11.4 Å². The highest BCUT2D eigenvalue weighted by atomic mass is 16.4. The SMILES string of the molecule is O=C(O)c1cccc(C(=O)NC2CCC(O)CC2)n1. The molecule has 1 heterocycles. The molecule has 1 aromatic heterocycles. The molecule has 0 aliphatic heterocycles. The minimum Gasteiger partial charge on any atom is -0.477 e. The summed E-state index contributed by atoms with van der Waals surface area (Å²) in [6.45, 7) is 0. The Morgan fingerprint density at radius 2 is 1.79 bits per heavy atom. The number of amides is 1. The number of pyridine rings is 1. The number of nitrogens with zero attached hydrogens (tertiary/aromatic N) is 1. The largest absolute Gasteiger partial charge is 0.477 e. The Morgan fingerprint density at radius 1 is 1.16 bits per heavy atom. The molecular weight excluding hydrogens is 248 g/mol. The van der Waals surface area contributed by atoms with Gasteiger partial charge in [-0.1, -0.05) is 6.07 Å². The fourth-order valence-corrected chi connectivity index (χ4v) is 2.16. The number of hydrogen-bond donors (Lipinski definition) is 3. The third-order valence-corrected chi connectivity index (χ3v) is 3.23. The zero-order valence-electron chi connectivity index (χ0n) is 10.4. The summed E-state index contributed by atoms with van der Waals surface area (Å²) in [6.07, 6.45) is 2.53. The maximum absolute atomic E-state index is 11.9. The molecule has 2 rings (SSSR count). The topological polar surface area (TPSA) is 99.5 Å². The molecule has 0 bridgehead atoms. The summed E-state index contributed by atoms with van der Waals surface area (Å²) in [4.78, 5) is 26.5. The van der Waals surface area contributed by atoms with Crippen LogP contribution in [0.25, 0.3) is 0 Å². The Bertz CT molecular complexity index is 481. The van der Waals surface area contributed by atoms with Crippen molar-refractivity contribution < 1.29 is 19.8 Å². The van der Waals surface area contributed by atoms with Crippen molar-refractivity contribution in [2.75, 3.05) is 0 Å². The minimum atomic E-state index is -1.16. The minimum absolute atomic E-state index is 0.0196. The first-order valence-electron chi connectivity index (χ1n) is 6.25. The average Bonchev–Trinajstić information content (AvgIpc) is 2.41. The molecule has 1 aliphatic rings. The molecule has 1 fully saturated rings. The molecule has 6 heteroatoms. The van der Waals surface area contributed by atoms with E-state index in [9.17, 15) is 14.7 Å². The maximum Gasteiger partial charge on any atom is 0.354 e. The van der Waals surface area contributed by atoms with E-state index >= 15 is 0 Å². The van der Waals surface area contributed by atoms with E-state index in [1.807, 2.05) is 0 Å². The number of aliphatic hydroxyl groups is 1.